The molecule has 68 valence electrons. The van der Waals surface area contributed by atoms with Gasteiger partial charge in [-0.1, -0.05) is 12.1 Å². The summed E-state index contributed by atoms with van der Waals surface area (Å²) in [6.07, 6.45) is 1.34. The van der Waals surface area contributed by atoms with Crippen molar-refractivity contribution in [3.63, 3.8) is 0 Å². The second kappa shape index (κ2) is 5.20. The van der Waals surface area contributed by atoms with Gasteiger partial charge in [0.15, 0.2) is 0 Å². The quantitative estimate of drug-likeness (QED) is 0.866. The van der Waals surface area contributed by atoms with Gasteiger partial charge in [-0.3, -0.25) is 0 Å². The fourth-order valence-electron chi connectivity index (χ4n) is 1.08. The molecule has 1 rings (SSSR count). The van der Waals surface area contributed by atoms with Crippen LogP contribution in [0.15, 0.2) is 18.2 Å². The van der Waals surface area contributed by atoms with Gasteiger partial charge in [-0.05, 0) is 46.2 Å². The average molecular weight is 287 g/mol. The molecule has 0 unspecified atom stereocenters. The van der Waals surface area contributed by atoms with E-state index >= 15 is 0 Å². The molecule has 0 aliphatic heterocycles. The standard InChI is InChI=1S/C10H10INO/c11-10-6-8(7-13)3-4-9(10)2-1-5-12/h3-4,6,13H,1-2,7H2. The van der Waals surface area contributed by atoms with Crippen LogP contribution in [0.1, 0.15) is 17.5 Å². The van der Waals surface area contributed by atoms with E-state index in [4.69, 9.17) is 10.4 Å². The van der Waals surface area contributed by atoms with E-state index in [1.165, 1.54) is 5.56 Å². The van der Waals surface area contributed by atoms with Gasteiger partial charge in [0.25, 0.3) is 0 Å². The van der Waals surface area contributed by atoms with Crippen molar-refractivity contribution in [2.24, 2.45) is 0 Å². The van der Waals surface area contributed by atoms with Crippen molar-refractivity contribution in [2.75, 3.05) is 0 Å². The molecule has 0 radical (unpaired) electrons. The van der Waals surface area contributed by atoms with Crippen LogP contribution in [0.2, 0.25) is 0 Å². The molecular formula is C10H10INO. The van der Waals surface area contributed by atoms with Crippen LogP contribution in [-0.4, -0.2) is 5.11 Å². The lowest BCUT2D eigenvalue weighted by atomic mass is 10.1. The minimum Gasteiger partial charge on any atom is -0.392 e. The average Bonchev–Trinajstić information content (AvgIpc) is 2.16. The maximum Gasteiger partial charge on any atom is 0.0682 e. The molecule has 1 aromatic carbocycles. The minimum atomic E-state index is 0.0779. The van der Waals surface area contributed by atoms with Crippen molar-refractivity contribution in [1.29, 1.82) is 5.26 Å². The van der Waals surface area contributed by atoms with Crippen molar-refractivity contribution in [2.45, 2.75) is 19.4 Å². The van der Waals surface area contributed by atoms with Gasteiger partial charge in [-0.2, -0.15) is 5.26 Å². The molecule has 0 saturated heterocycles. The Kier molecular flexibility index (Phi) is 4.19. The maximum absolute atomic E-state index is 8.87. The number of aryl methyl sites for hydroxylation is 1. The van der Waals surface area contributed by atoms with Gasteiger partial charge < -0.3 is 5.11 Å². The lowest BCUT2D eigenvalue weighted by Gasteiger charge is -2.03. The SMILES string of the molecule is N#CCCc1ccc(CO)cc1I. The Morgan fingerprint density at radius 3 is 2.77 bits per heavy atom. The van der Waals surface area contributed by atoms with Crippen molar-refractivity contribution < 1.29 is 5.11 Å². The molecule has 0 spiro atoms. The molecule has 3 heteroatoms. The number of hydrogen-bond donors (Lipinski definition) is 1. The van der Waals surface area contributed by atoms with Crippen LogP contribution in [0.25, 0.3) is 0 Å². The van der Waals surface area contributed by atoms with E-state index in [-0.39, 0.29) is 6.61 Å². The molecule has 0 aromatic heterocycles. The first-order chi connectivity index (χ1) is 6.27. The van der Waals surface area contributed by atoms with E-state index in [0.717, 1.165) is 15.6 Å². The summed E-state index contributed by atoms with van der Waals surface area (Å²) in [5.74, 6) is 0. The predicted octanol–water partition coefficient (Wildman–Crippen LogP) is 2.24. The van der Waals surface area contributed by atoms with E-state index in [0.29, 0.717) is 6.42 Å². The van der Waals surface area contributed by atoms with Crippen molar-refractivity contribution in [3.05, 3.63) is 32.9 Å². The predicted molar refractivity (Wildman–Crippen MR) is 59.0 cm³/mol. The Morgan fingerprint density at radius 2 is 2.23 bits per heavy atom. The summed E-state index contributed by atoms with van der Waals surface area (Å²) in [6.45, 7) is 0.0779. The number of halogens is 1. The van der Waals surface area contributed by atoms with E-state index in [2.05, 4.69) is 28.7 Å². The first-order valence-corrected chi connectivity index (χ1v) is 5.11. The molecule has 1 aromatic rings. The van der Waals surface area contributed by atoms with Crippen LogP contribution in [0.4, 0.5) is 0 Å². The summed E-state index contributed by atoms with van der Waals surface area (Å²) in [5, 5.41) is 17.3. The van der Waals surface area contributed by atoms with Crippen LogP contribution in [-0.2, 0) is 13.0 Å². The monoisotopic (exact) mass is 287 g/mol. The molecule has 0 atom stereocenters. The largest absolute Gasteiger partial charge is 0.392 e. The van der Waals surface area contributed by atoms with Crippen molar-refractivity contribution in [1.82, 2.24) is 0 Å². The third-order valence-electron chi connectivity index (χ3n) is 1.81. The minimum absolute atomic E-state index is 0.0779. The van der Waals surface area contributed by atoms with E-state index in [1.807, 2.05) is 18.2 Å². The fraction of sp³-hybridized carbons (Fsp3) is 0.300. The first-order valence-electron chi connectivity index (χ1n) is 4.03. The van der Waals surface area contributed by atoms with Gasteiger partial charge in [0.1, 0.15) is 0 Å². The zero-order chi connectivity index (χ0) is 9.68. The van der Waals surface area contributed by atoms with Crippen LogP contribution in [0.3, 0.4) is 0 Å². The van der Waals surface area contributed by atoms with E-state index < -0.39 is 0 Å². The molecule has 0 bridgehead atoms. The molecule has 0 aliphatic carbocycles. The highest BCUT2D eigenvalue weighted by atomic mass is 127. The fourth-order valence-corrected chi connectivity index (χ4v) is 1.93. The summed E-state index contributed by atoms with van der Waals surface area (Å²) in [7, 11) is 0. The van der Waals surface area contributed by atoms with Crippen LogP contribution in [0, 0.1) is 14.9 Å². The van der Waals surface area contributed by atoms with Gasteiger partial charge in [0.05, 0.1) is 12.7 Å². The zero-order valence-electron chi connectivity index (χ0n) is 7.13. The molecule has 0 fully saturated rings. The second-order valence-electron chi connectivity index (χ2n) is 2.74. The summed E-state index contributed by atoms with van der Waals surface area (Å²) < 4.78 is 1.12. The summed E-state index contributed by atoms with van der Waals surface area (Å²) >= 11 is 2.23. The Labute approximate surface area is 91.3 Å². The lowest BCUT2D eigenvalue weighted by molar-refractivity contribution is 0.281. The Morgan fingerprint density at radius 1 is 1.46 bits per heavy atom. The number of rotatable bonds is 3. The maximum atomic E-state index is 8.87. The number of nitrogens with zero attached hydrogens (tertiary/aromatic N) is 1. The summed E-state index contributed by atoms with van der Waals surface area (Å²) in [6, 6.07) is 7.95. The molecule has 0 heterocycles. The first kappa shape index (κ1) is 10.5. The highest BCUT2D eigenvalue weighted by Gasteiger charge is 2.00. The third kappa shape index (κ3) is 2.98. The number of aliphatic hydroxyl groups is 1. The summed E-state index contributed by atoms with van der Waals surface area (Å²) in [5.41, 5.74) is 2.10. The van der Waals surface area contributed by atoms with Gasteiger partial charge in [0.2, 0.25) is 0 Å². The number of nitriles is 1. The van der Waals surface area contributed by atoms with Crippen molar-refractivity contribution in [3.8, 4) is 6.07 Å². The van der Waals surface area contributed by atoms with Crippen LogP contribution in [0.5, 0.6) is 0 Å². The molecule has 0 amide bonds. The molecular weight excluding hydrogens is 277 g/mol. The van der Waals surface area contributed by atoms with Crippen LogP contribution >= 0.6 is 22.6 Å². The molecule has 2 nitrogen and oxygen atoms in total. The second-order valence-corrected chi connectivity index (χ2v) is 3.90. The van der Waals surface area contributed by atoms with Crippen molar-refractivity contribution >= 4 is 22.6 Å². The topological polar surface area (TPSA) is 44.0 Å². The number of benzene rings is 1. The Hall–Kier alpha value is -0.600. The highest BCUT2D eigenvalue weighted by Crippen LogP contribution is 2.16. The highest BCUT2D eigenvalue weighted by molar-refractivity contribution is 14.1. The van der Waals surface area contributed by atoms with Gasteiger partial charge in [-0.15, -0.1) is 0 Å². The van der Waals surface area contributed by atoms with Gasteiger partial charge >= 0.3 is 0 Å². The van der Waals surface area contributed by atoms with Gasteiger partial charge in [0, 0.05) is 9.99 Å². The Balaban J connectivity index is 2.80. The zero-order valence-corrected chi connectivity index (χ0v) is 9.28. The molecule has 13 heavy (non-hydrogen) atoms. The smallest absolute Gasteiger partial charge is 0.0682 e. The number of hydrogen-bond acceptors (Lipinski definition) is 2. The lowest BCUT2D eigenvalue weighted by Crippen LogP contribution is -1.91. The summed E-state index contributed by atoms with van der Waals surface area (Å²) in [4.78, 5) is 0. The normalized spacial score (nSPS) is 9.62. The van der Waals surface area contributed by atoms with Crippen LogP contribution < -0.4 is 0 Å². The molecule has 0 saturated carbocycles. The van der Waals surface area contributed by atoms with Gasteiger partial charge in [-0.25, -0.2) is 0 Å². The molecule has 0 aliphatic rings. The van der Waals surface area contributed by atoms with E-state index in [9.17, 15) is 0 Å². The van der Waals surface area contributed by atoms with E-state index in [1.54, 1.807) is 0 Å². The Bertz CT molecular complexity index is 330. The third-order valence-corrected chi connectivity index (χ3v) is 2.81. The molecule has 1 N–H and O–H groups in total. The number of aliphatic hydroxyl groups excluding tert-OH is 1.